The third-order valence-electron chi connectivity index (χ3n) is 2.73. The molecule has 112 valence electrons. The summed E-state index contributed by atoms with van der Waals surface area (Å²) >= 11 is 0. The Balaban J connectivity index is 2.76. The van der Waals surface area contributed by atoms with E-state index in [0.717, 1.165) is 0 Å². The van der Waals surface area contributed by atoms with Crippen LogP contribution in [0, 0.1) is 0 Å². The first-order valence-electron chi connectivity index (χ1n) is 6.41. The maximum Gasteiger partial charge on any atom is 0.261 e. The monoisotopic (exact) mass is 289 g/mol. The average molecular weight is 289 g/mol. The Morgan fingerprint density at radius 1 is 1.24 bits per heavy atom. The highest BCUT2D eigenvalue weighted by atomic mass is 16.5. The molecule has 0 atom stereocenters. The summed E-state index contributed by atoms with van der Waals surface area (Å²) in [6.45, 7) is 7.89. The largest absolute Gasteiger partial charge is 0.493 e. The molecule has 1 rings (SSSR count). The van der Waals surface area contributed by atoms with Crippen LogP contribution < -0.4 is 9.47 Å². The summed E-state index contributed by atoms with van der Waals surface area (Å²) in [7, 11) is 1.49. The van der Waals surface area contributed by atoms with Crippen molar-refractivity contribution in [1.82, 2.24) is 4.90 Å². The number of carbonyl (C=O) groups is 2. The van der Waals surface area contributed by atoms with Gasteiger partial charge in [-0.25, -0.2) is 0 Å². The molecule has 0 aliphatic heterocycles. The first-order valence-corrected chi connectivity index (χ1v) is 6.41. The average Bonchev–Trinajstić information content (AvgIpc) is 2.52. The minimum absolute atomic E-state index is 0.152. The van der Waals surface area contributed by atoms with E-state index in [9.17, 15) is 9.59 Å². The Bertz CT molecular complexity index is 515. The minimum Gasteiger partial charge on any atom is -0.493 e. The normalized spacial score (nSPS) is 9.57. The number of aldehydes is 1. The molecule has 0 saturated carbocycles. The van der Waals surface area contributed by atoms with Crippen LogP contribution in [0.3, 0.4) is 0 Å². The van der Waals surface area contributed by atoms with Crippen molar-refractivity contribution < 1.29 is 19.1 Å². The lowest BCUT2D eigenvalue weighted by Gasteiger charge is -2.19. The molecule has 0 unspecified atom stereocenters. The van der Waals surface area contributed by atoms with Crippen LogP contribution in [0.5, 0.6) is 11.5 Å². The van der Waals surface area contributed by atoms with E-state index >= 15 is 0 Å². The van der Waals surface area contributed by atoms with Gasteiger partial charge in [-0.1, -0.05) is 12.2 Å². The van der Waals surface area contributed by atoms with E-state index in [2.05, 4.69) is 13.2 Å². The van der Waals surface area contributed by atoms with Gasteiger partial charge in [0.1, 0.15) is 6.29 Å². The van der Waals surface area contributed by atoms with Crippen LogP contribution in [-0.4, -0.2) is 43.9 Å². The molecule has 5 heteroatoms. The molecular weight excluding hydrogens is 270 g/mol. The van der Waals surface area contributed by atoms with Crippen molar-refractivity contribution >= 4 is 12.2 Å². The van der Waals surface area contributed by atoms with Crippen LogP contribution in [0.1, 0.15) is 10.4 Å². The Morgan fingerprint density at radius 2 is 1.90 bits per heavy atom. The highest BCUT2D eigenvalue weighted by Gasteiger charge is 2.13. The van der Waals surface area contributed by atoms with Crippen molar-refractivity contribution in [3.8, 4) is 11.5 Å². The Morgan fingerprint density at radius 3 is 2.43 bits per heavy atom. The molecule has 0 N–H and O–H groups in total. The lowest BCUT2D eigenvalue weighted by atomic mass is 10.2. The summed E-state index contributed by atoms with van der Waals surface area (Å²) in [6, 6.07) is 4.77. The molecule has 0 saturated heterocycles. The van der Waals surface area contributed by atoms with E-state index < -0.39 is 0 Å². The van der Waals surface area contributed by atoms with Gasteiger partial charge in [0.2, 0.25) is 0 Å². The maximum absolute atomic E-state index is 12.0. The number of hydrogen-bond donors (Lipinski definition) is 0. The molecular formula is C16H19NO4. The number of amides is 1. The van der Waals surface area contributed by atoms with Crippen molar-refractivity contribution in [3.05, 3.63) is 49.1 Å². The number of nitrogens with zero attached hydrogens (tertiary/aromatic N) is 1. The van der Waals surface area contributed by atoms with Crippen LogP contribution in [-0.2, 0) is 4.79 Å². The van der Waals surface area contributed by atoms with E-state index in [0.29, 0.717) is 36.4 Å². The Labute approximate surface area is 124 Å². The van der Waals surface area contributed by atoms with E-state index in [1.54, 1.807) is 29.2 Å². The van der Waals surface area contributed by atoms with Crippen LogP contribution in [0.25, 0.3) is 0 Å². The fourth-order valence-electron chi connectivity index (χ4n) is 1.70. The van der Waals surface area contributed by atoms with E-state index in [-0.39, 0.29) is 12.5 Å². The van der Waals surface area contributed by atoms with Gasteiger partial charge in [0, 0.05) is 18.7 Å². The molecule has 0 aromatic heterocycles. The van der Waals surface area contributed by atoms with Gasteiger partial charge in [-0.15, -0.1) is 13.2 Å². The molecule has 0 aliphatic carbocycles. The standard InChI is InChI=1S/C16H19NO4/c1-4-8-17(9-5-2)16(19)12-21-15-10-13(11-18)6-7-14(15)20-3/h4-7,10-11H,1-2,8-9,12H2,3H3. The van der Waals surface area contributed by atoms with E-state index in [1.165, 1.54) is 13.2 Å². The van der Waals surface area contributed by atoms with Gasteiger partial charge < -0.3 is 14.4 Å². The number of carbonyl (C=O) groups excluding carboxylic acids is 2. The molecule has 0 fully saturated rings. The van der Waals surface area contributed by atoms with Gasteiger partial charge in [-0.2, -0.15) is 0 Å². The van der Waals surface area contributed by atoms with Crippen molar-refractivity contribution in [1.29, 1.82) is 0 Å². The molecule has 0 radical (unpaired) electrons. The highest BCUT2D eigenvalue weighted by Crippen LogP contribution is 2.27. The van der Waals surface area contributed by atoms with E-state index in [4.69, 9.17) is 9.47 Å². The number of benzene rings is 1. The molecule has 21 heavy (non-hydrogen) atoms. The molecule has 1 aromatic carbocycles. The second kappa shape index (κ2) is 8.58. The predicted molar refractivity (Wildman–Crippen MR) is 80.9 cm³/mol. The van der Waals surface area contributed by atoms with Crippen molar-refractivity contribution in [2.75, 3.05) is 26.8 Å². The van der Waals surface area contributed by atoms with Crippen LogP contribution in [0.15, 0.2) is 43.5 Å². The van der Waals surface area contributed by atoms with E-state index in [1.807, 2.05) is 0 Å². The first-order chi connectivity index (χ1) is 10.2. The van der Waals surface area contributed by atoms with Gasteiger partial charge in [0.05, 0.1) is 7.11 Å². The fraction of sp³-hybridized carbons (Fsp3) is 0.250. The quantitative estimate of drug-likeness (QED) is 0.516. The Hall–Kier alpha value is -2.56. The second-order valence-electron chi connectivity index (χ2n) is 4.19. The zero-order valence-electron chi connectivity index (χ0n) is 12.1. The molecule has 0 bridgehead atoms. The lowest BCUT2D eigenvalue weighted by Crippen LogP contribution is -2.35. The zero-order valence-corrected chi connectivity index (χ0v) is 12.1. The van der Waals surface area contributed by atoms with Crippen molar-refractivity contribution in [3.63, 3.8) is 0 Å². The molecule has 0 heterocycles. The maximum atomic E-state index is 12.0. The number of hydrogen-bond acceptors (Lipinski definition) is 4. The van der Waals surface area contributed by atoms with Crippen LogP contribution >= 0.6 is 0 Å². The second-order valence-corrected chi connectivity index (χ2v) is 4.19. The number of methoxy groups -OCH3 is 1. The fourth-order valence-corrected chi connectivity index (χ4v) is 1.70. The molecule has 1 aromatic rings. The molecule has 1 amide bonds. The van der Waals surface area contributed by atoms with Gasteiger partial charge in [-0.3, -0.25) is 9.59 Å². The highest BCUT2D eigenvalue weighted by molar-refractivity contribution is 5.79. The summed E-state index contributed by atoms with van der Waals surface area (Å²) in [5.74, 6) is 0.619. The summed E-state index contributed by atoms with van der Waals surface area (Å²) in [5.41, 5.74) is 0.451. The summed E-state index contributed by atoms with van der Waals surface area (Å²) < 4.78 is 10.6. The van der Waals surface area contributed by atoms with Crippen molar-refractivity contribution in [2.24, 2.45) is 0 Å². The molecule has 0 aliphatic rings. The third-order valence-corrected chi connectivity index (χ3v) is 2.73. The predicted octanol–water partition coefficient (Wildman–Crippen LogP) is 2.09. The number of rotatable bonds is 9. The summed E-state index contributed by atoms with van der Waals surface area (Å²) in [6.07, 6.45) is 3.97. The number of ether oxygens (including phenoxy) is 2. The minimum atomic E-state index is -0.201. The zero-order chi connectivity index (χ0) is 15.7. The van der Waals surface area contributed by atoms with Crippen LogP contribution in [0.4, 0.5) is 0 Å². The lowest BCUT2D eigenvalue weighted by molar-refractivity contribution is -0.132. The molecule has 5 nitrogen and oxygen atoms in total. The third kappa shape index (κ3) is 4.80. The first kappa shape index (κ1) is 16.5. The van der Waals surface area contributed by atoms with Gasteiger partial charge in [-0.05, 0) is 18.2 Å². The molecule has 0 spiro atoms. The smallest absolute Gasteiger partial charge is 0.261 e. The topological polar surface area (TPSA) is 55.8 Å². The Kier molecular flexibility index (Phi) is 6.74. The van der Waals surface area contributed by atoms with Gasteiger partial charge >= 0.3 is 0 Å². The van der Waals surface area contributed by atoms with Crippen molar-refractivity contribution in [2.45, 2.75) is 0 Å². The summed E-state index contributed by atoms with van der Waals surface area (Å²) in [4.78, 5) is 24.4. The summed E-state index contributed by atoms with van der Waals surface area (Å²) in [5, 5.41) is 0. The van der Waals surface area contributed by atoms with Gasteiger partial charge in [0.25, 0.3) is 5.91 Å². The van der Waals surface area contributed by atoms with Gasteiger partial charge in [0.15, 0.2) is 18.1 Å². The van der Waals surface area contributed by atoms with Crippen LogP contribution in [0.2, 0.25) is 0 Å². The SMILES string of the molecule is C=CCN(CC=C)C(=O)COc1cc(C=O)ccc1OC.